The van der Waals surface area contributed by atoms with Crippen LogP contribution in [0.1, 0.15) is 29.4 Å². The lowest BCUT2D eigenvalue weighted by atomic mass is 10.1. The molecule has 2 aromatic rings. The Balaban J connectivity index is 2.24. The van der Waals surface area contributed by atoms with Crippen LogP contribution in [0.25, 0.3) is 0 Å². The highest BCUT2D eigenvalue weighted by Gasteiger charge is 2.10. The van der Waals surface area contributed by atoms with Crippen molar-refractivity contribution in [1.29, 1.82) is 0 Å². The van der Waals surface area contributed by atoms with Gasteiger partial charge in [-0.05, 0) is 31.4 Å². The predicted molar refractivity (Wildman–Crippen MR) is 73.3 cm³/mol. The smallest absolute Gasteiger partial charge is 0.265 e. The van der Waals surface area contributed by atoms with Crippen LogP contribution < -0.4 is 0 Å². The Hall–Kier alpha value is -2.17. The van der Waals surface area contributed by atoms with Crippen LogP contribution >= 0.6 is 0 Å². The molecular weight excluding hydrogens is 242 g/mol. The number of benzene rings is 1. The second-order valence-corrected chi connectivity index (χ2v) is 4.58. The summed E-state index contributed by atoms with van der Waals surface area (Å²) in [7, 11) is 0. The average molecular weight is 259 g/mol. The van der Waals surface area contributed by atoms with Gasteiger partial charge in [-0.3, -0.25) is 14.8 Å². The van der Waals surface area contributed by atoms with Gasteiger partial charge in [0.25, 0.3) is 5.69 Å². The summed E-state index contributed by atoms with van der Waals surface area (Å²) in [6.45, 7) is 6.83. The number of aromatic nitrogens is 2. The number of hydrogen-bond acceptors (Lipinski definition) is 3. The number of aryl methyl sites for hydroxylation is 1. The highest BCUT2D eigenvalue weighted by Crippen LogP contribution is 2.17. The van der Waals surface area contributed by atoms with E-state index < -0.39 is 0 Å². The summed E-state index contributed by atoms with van der Waals surface area (Å²) in [5.41, 5.74) is 4.63. The van der Waals surface area contributed by atoms with Crippen molar-refractivity contribution in [2.24, 2.45) is 0 Å². The Morgan fingerprint density at radius 1 is 1.26 bits per heavy atom. The van der Waals surface area contributed by atoms with Gasteiger partial charge in [-0.15, -0.1) is 0 Å². The first-order valence-corrected chi connectivity index (χ1v) is 6.29. The second-order valence-electron chi connectivity index (χ2n) is 4.58. The first kappa shape index (κ1) is 13.3. The molecule has 0 amide bonds. The van der Waals surface area contributed by atoms with Gasteiger partial charge < -0.3 is 0 Å². The molecule has 0 spiro atoms. The molecule has 0 aliphatic carbocycles. The largest absolute Gasteiger partial charge is 0.269 e. The SMILES string of the molecule is CCc1c(C)nn(Cc2ccc([N+](=O)[O-])cc2)c1C. The minimum atomic E-state index is -0.387. The summed E-state index contributed by atoms with van der Waals surface area (Å²) in [6.07, 6.45) is 0.970. The summed E-state index contributed by atoms with van der Waals surface area (Å²) in [4.78, 5) is 10.2. The molecule has 0 aliphatic rings. The summed E-state index contributed by atoms with van der Waals surface area (Å²) in [6, 6.07) is 6.62. The summed E-state index contributed by atoms with van der Waals surface area (Å²) in [5.74, 6) is 0. The van der Waals surface area contributed by atoms with Crippen molar-refractivity contribution in [3.8, 4) is 0 Å². The Labute approximate surface area is 112 Å². The van der Waals surface area contributed by atoms with Crippen molar-refractivity contribution in [3.63, 3.8) is 0 Å². The van der Waals surface area contributed by atoms with Gasteiger partial charge in [0.1, 0.15) is 0 Å². The Morgan fingerprint density at radius 3 is 2.37 bits per heavy atom. The van der Waals surface area contributed by atoms with Crippen LogP contribution in [0.3, 0.4) is 0 Å². The number of nitro groups is 1. The van der Waals surface area contributed by atoms with E-state index in [2.05, 4.69) is 18.9 Å². The van der Waals surface area contributed by atoms with Crippen LogP contribution in [0.4, 0.5) is 5.69 Å². The number of nitrogens with zero attached hydrogens (tertiary/aromatic N) is 3. The van der Waals surface area contributed by atoms with E-state index in [4.69, 9.17) is 0 Å². The molecule has 0 saturated carbocycles. The minimum Gasteiger partial charge on any atom is -0.265 e. The van der Waals surface area contributed by atoms with Gasteiger partial charge in [-0.25, -0.2) is 0 Å². The Morgan fingerprint density at radius 2 is 1.89 bits per heavy atom. The van der Waals surface area contributed by atoms with Crippen molar-refractivity contribution in [2.75, 3.05) is 0 Å². The third-order valence-corrected chi connectivity index (χ3v) is 3.36. The summed E-state index contributed by atoms with van der Waals surface area (Å²) >= 11 is 0. The van der Waals surface area contributed by atoms with Crippen LogP contribution in [0, 0.1) is 24.0 Å². The highest BCUT2D eigenvalue weighted by atomic mass is 16.6. The third-order valence-electron chi connectivity index (χ3n) is 3.36. The Kier molecular flexibility index (Phi) is 3.64. The molecule has 5 heteroatoms. The molecule has 0 unspecified atom stereocenters. The van der Waals surface area contributed by atoms with Crippen LogP contribution in [-0.4, -0.2) is 14.7 Å². The zero-order chi connectivity index (χ0) is 14.0. The molecule has 0 atom stereocenters. The fourth-order valence-electron chi connectivity index (χ4n) is 2.30. The zero-order valence-corrected chi connectivity index (χ0v) is 11.4. The van der Waals surface area contributed by atoms with Crippen molar-refractivity contribution in [3.05, 3.63) is 56.9 Å². The van der Waals surface area contributed by atoms with E-state index in [0.29, 0.717) is 6.54 Å². The molecule has 0 bridgehead atoms. The van der Waals surface area contributed by atoms with Crippen molar-refractivity contribution >= 4 is 5.69 Å². The van der Waals surface area contributed by atoms with Gasteiger partial charge in [0.2, 0.25) is 0 Å². The van der Waals surface area contributed by atoms with Crippen LogP contribution in [0.15, 0.2) is 24.3 Å². The van der Waals surface area contributed by atoms with E-state index in [-0.39, 0.29) is 10.6 Å². The van der Waals surface area contributed by atoms with E-state index in [1.165, 1.54) is 23.4 Å². The van der Waals surface area contributed by atoms with Crippen LogP contribution in [-0.2, 0) is 13.0 Å². The monoisotopic (exact) mass is 259 g/mol. The minimum absolute atomic E-state index is 0.117. The molecule has 1 heterocycles. The molecule has 19 heavy (non-hydrogen) atoms. The topological polar surface area (TPSA) is 61.0 Å². The van der Waals surface area contributed by atoms with Crippen molar-refractivity contribution < 1.29 is 4.92 Å². The number of nitro benzene ring substituents is 1. The maximum absolute atomic E-state index is 10.6. The third kappa shape index (κ3) is 2.65. The standard InChI is InChI=1S/C14H17N3O2/c1-4-14-10(2)15-16(11(14)3)9-12-5-7-13(8-6-12)17(18)19/h5-8H,4,9H2,1-3H3. The fraction of sp³-hybridized carbons (Fsp3) is 0.357. The van der Waals surface area contributed by atoms with Crippen molar-refractivity contribution in [2.45, 2.75) is 33.7 Å². The first-order chi connectivity index (χ1) is 9.02. The molecule has 0 radical (unpaired) electrons. The molecule has 5 nitrogen and oxygen atoms in total. The molecule has 0 aliphatic heterocycles. The van der Waals surface area contributed by atoms with Gasteiger partial charge >= 0.3 is 0 Å². The number of non-ortho nitro benzene ring substituents is 1. The molecule has 0 N–H and O–H groups in total. The maximum atomic E-state index is 10.6. The predicted octanol–water partition coefficient (Wildman–Crippen LogP) is 3.02. The first-order valence-electron chi connectivity index (χ1n) is 6.29. The number of rotatable bonds is 4. The van der Waals surface area contributed by atoms with E-state index in [9.17, 15) is 10.1 Å². The molecule has 0 fully saturated rings. The molecule has 1 aromatic heterocycles. The molecule has 0 saturated heterocycles. The van der Waals surface area contributed by atoms with Gasteiger partial charge in [-0.1, -0.05) is 19.1 Å². The number of hydrogen-bond donors (Lipinski definition) is 0. The molecular formula is C14H17N3O2. The summed E-state index contributed by atoms with van der Waals surface area (Å²) in [5, 5.41) is 15.1. The second kappa shape index (κ2) is 5.22. The molecule has 2 rings (SSSR count). The average Bonchev–Trinajstić information content (AvgIpc) is 2.64. The quantitative estimate of drug-likeness (QED) is 0.626. The zero-order valence-electron chi connectivity index (χ0n) is 11.4. The van der Waals surface area contributed by atoms with E-state index in [1.54, 1.807) is 12.1 Å². The van der Waals surface area contributed by atoms with E-state index >= 15 is 0 Å². The van der Waals surface area contributed by atoms with Gasteiger partial charge in [0, 0.05) is 17.8 Å². The van der Waals surface area contributed by atoms with Crippen LogP contribution in [0.2, 0.25) is 0 Å². The van der Waals surface area contributed by atoms with Gasteiger partial charge in [0.15, 0.2) is 0 Å². The van der Waals surface area contributed by atoms with Gasteiger partial charge in [0.05, 0.1) is 17.2 Å². The normalized spacial score (nSPS) is 10.7. The van der Waals surface area contributed by atoms with E-state index in [1.807, 2.05) is 11.6 Å². The molecule has 100 valence electrons. The lowest BCUT2D eigenvalue weighted by molar-refractivity contribution is -0.384. The lowest BCUT2D eigenvalue weighted by Crippen LogP contribution is -2.04. The van der Waals surface area contributed by atoms with Crippen LogP contribution in [0.5, 0.6) is 0 Å². The summed E-state index contributed by atoms with van der Waals surface area (Å²) < 4.78 is 1.95. The lowest BCUT2D eigenvalue weighted by Gasteiger charge is -2.05. The maximum Gasteiger partial charge on any atom is 0.269 e. The fourth-order valence-corrected chi connectivity index (χ4v) is 2.30. The Bertz CT molecular complexity index is 600. The highest BCUT2D eigenvalue weighted by molar-refractivity contribution is 5.33. The van der Waals surface area contributed by atoms with Gasteiger partial charge in [-0.2, -0.15) is 5.10 Å². The molecule has 1 aromatic carbocycles. The van der Waals surface area contributed by atoms with E-state index in [0.717, 1.165) is 17.7 Å². The van der Waals surface area contributed by atoms with Crippen molar-refractivity contribution in [1.82, 2.24) is 9.78 Å².